The molecule has 0 amide bonds. The average Bonchev–Trinajstić information content (AvgIpc) is 2.43. The number of carboxylic acids is 1. The van der Waals surface area contributed by atoms with Gasteiger partial charge >= 0.3 is 5.97 Å². The molecule has 0 aliphatic carbocycles. The van der Waals surface area contributed by atoms with Crippen molar-refractivity contribution in [1.29, 1.82) is 5.26 Å². The third-order valence-corrected chi connectivity index (χ3v) is 4.42. The third-order valence-electron chi connectivity index (χ3n) is 2.92. The summed E-state index contributed by atoms with van der Waals surface area (Å²) in [5.41, 5.74) is 0.654. The molecular weight excluding hydrogens is 292 g/mol. The van der Waals surface area contributed by atoms with Crippen LogP contribution in [0.2, 0.25) is 0 Å². The summed E-state index contributed by atoms with van der Waals surface area (Å²) in [6.07, 6.45) is 1.78. The van der Waals surface area contributed by atoms with Crippen LogP contribution < -0.4 is 4.90 Å². The molecular formula is C14H18N2O4S. The van der Waals surface area contributed by atoms with Crippen molar-refractivity contribution in [2.75, 3.05) is 23.7 Å². The van der Waals surface area contributed by atoms with Crippen molar-refractivity contribution in [2.24, 2.45) is 0 Å². The molecule has 0 heterocycles. The summed E-state index contributed by atoms with van der Waals surface area (Å²) < 4.78 is 23.5. The van der Waals surface area contributed by atoms with Gasteiger partial charge in [0.2, 0.25) is 0 Å². The molecule has 0 spiro atoms. The molecule has 1 aromatic carbocycles. The van der Waals surface area contributed by atoms with Crippen LogP contribution in [-0.2, 0) is 14.6 Å². The molecule has 0 atom stereocenters. The SMILES string of the molecule is CCCCN(CC(=O)O)c1ccc(S(=O)(=O)CC#N)cc1. The quantitative estimate of drug-likeness (QED) is 0.784. The first-order valence-corrected chi connectivity index (χ1v) is 8.22. The number of carboxylic acid groups (broad SMARTS) is 1. The van der Waals surface area contributed by atoms with E-state index in [1.807, 2.05) is 6.92 Å². The van der Waals surface area contributed by atoms with Crippen molar-refractivity contribution < 1.29 is 18.3 Å². The van der Waals surface area contributed by atoms with Gasteiger partial charge in [0.05, 0.1) is 11.0 Å². The van der Waals surface area contributed by atoms with Crippen LogP contribution >= 0.6 is 0 Å². The molecule has 0 fully saturated rings. The van der Waals surface area contributed by atoms with Crippen molar-refractivity contribution in [3.63, 3.8) is 0 Å². The molecule has 0 aliphatic rings. The largest absolute Gasteiger partial charge is 0.480 e. The van der Waals surface area contributed by atoms with E-state index in [2.05, 4.69) is 0 Å². The Morgan fingerprint density at radius 1 is 1.33 bits per heavy atom. The summed E-state index contributed by atoms with van der Waals surface area (Å²) in [6, 6.07) is 7.58. The number of hydrogen-bond acceptors (Lipinski definition) is 5. The molecule has 0 radical (unpaired) electrons. The van der Waals surface area contributed by atoms with Gasteiger partial charge in [0.1, 0.15) is 12.3 Å². The van der Waals surface area contributed by atoms with Crippen LogP contribution in [0.3, 0.4) is 0 Å². The van der Waals surface area contributed by atoms with E-state index in [0.29, 0.717) is 12.2 Å². The Labute approximate surface area is 124 Å². The number of rotatable bonds is 8. The zero-order valence-electron chi connectivity index (χ0n) is 11.8. The summed E-state index contributed by atoms with van der Waals surface area (Å²) in [6.45, 7) is 2.47. The smallest absolute Gasteiger partial charge is 0.323 e. The summed E-state index contributed by atoms with van der Waals surface area (Å²) in [4.78, 5) is 12.6. The van der Waals surface area contributed by atoms with Gasteiger partial charge in [-0.1, -0.05) is 13.3 Å². The van der Waals surface area contributed by atoms with Crippen LogP contribution in [-0.4, -0.2) is 38.3 Å². The first-order valence-electron chi connectivity index (χ1n) is 6.57. The lowest BCUT2D eigenvalue weighted by atomic mass is 10.2. The van der Waals surface area contributed by atoms with Gasteiger partial charge in [-0.3, -0.25) is 4.79 Å². The Balaban J connectivity index is 2.97. The van der Waals surface area contributed by atoms with Gasteiger partial charge in [-0.25, -0.2) is 8.42 Å². The summed E-state index contributed by atoms with van der Waals surface area (Å²) in [5, 5.41) is 17.4. The second kappa shape index (κ2) is 7.64. The van der Waals surface area contributed by atoms with Crippen LogP contribution in [0.4, 0.5) is 5.69 Å². The van der Waals surface area contributed by atoms with E-state index < -0.39 is 21.6 Å². The Morgan fingerprint density at radius 3 is 2.43 bits per heavy atom. The Bertz CT molecular complexity index is 617. The molecule has 0 aromatic heterocycles. The minimum Gasteiger partial charge on any atom is -0.480 e. The monoisotopic (exact) mass is 310 g/mol. The minimum atomic E-state index is -3.59. The number of benzene rings is 1. The number of unbranched alkanes of at least 4 members (excludes halogenated alkanes) is 1. The van der Waals surface area contributed by atoms with Crippen molar-refractivity contribution in [3.8, 4) is 6.07 Å². The minimum absolute atomic E-state index is 0.0681. The van der Waals surface area contributed by atoms with Crippen molar-refractivity contribution in [1.82, 2.24) is 0 Å². The van der Waals surface area contributed by atoms with Crippen molar-refractivity contribution in [2.45, 2.75) is 24.7 Å². The maximum atomic E-state index is 11.7. The second-order valence-corrected chi connectivity index (χ2v) is 6.57. The molecule has 1 N–H and O–H groups in total. The molecule has 0 unspecified atom stereocenters. The molecule has 1 rings (SSSR count). The van der Waals surface area contributed by atoms with Gasteiger partial charge in [-0.15, -0.1) is 0 Å². The highest BCUT2D eigenvalue weighted by molar-refractivity contribution is 7.91. The van der Waals surface area contributed by atoms with E-state index in [1.54, 1.807) is 23.1 Å². The lowest BCUT2D eigenvalue weighted by molar-refractivity contribution is -0.135. The third kappa shape index (κ3) is 5.08. The standard InChI is InChI=1S/C14H18N2O4S/c1-2-3-9-16(11-14(17)18)12-4-6-13(7-5-12)21(19,20)10-8-15/h4-7H,2-3,9-11H2,1H3,(H,17,18). The zero-order valence-corrected chi connectivity index (χ0v) is 12.6. The number of nitrogens with zero attached hydrogens (tertiary/aromatic N) is 2. The van der Waals surface area contributed by atoms with E-state index in [0.717, 1.165) is 12.8 Å². The zero-order chi connectivity index (χ0) is 15.9. The summed E-state index contributed by atoms with van der Waals surface area (Å²) >= 11 is 0. The number of carbonyl (C=O) groups is 1. The highest BCUT2D eigenvalue weighted by atomic mass is 32.2. The van der Waals surface area contributed by atoms with Crippen molar-refractivity contribution >= 4 is 21.5 Å². The number of sulfone groups is 1. The molecule has 1 aromatic rings. The Hall–Kier alpha value is -2.07. The normalized spacial score (nSPS) is 10.9. The van der Waals surface area contributed by atoms with E-state index in [-0.39, 0.29) is 11.4 Å². The Morgan fingerprint density at radius 2 is 1.95 bits per heavy atom. The fraction of sp³-hybridized carbons (Fsp3) is 0.429. The van der Waals surface area contributed by atoms with Crippen LogP contribution in [0.15, 0.2) is 29.2 Å². The maximum absolute atomic E-state index is 11.7. The van der Waals surface area contributed by atoms with E-state index in [4.69, 9.17) is 10.4 Å². The molecule has 0 saturated heterocycles. The van der Waals surface area contributed by atoms with E-state index in [9.17, 15) is 13.2 Å². The topological polar surface area (TPSA) is 98.5 Å². The van der Waals surface area contributed by atoms with Gasteiger partial charge in [0.25, 0.3) is 0 Å². The fourth-order valence-corrected chi connectivity index (χ4v) is 2.73. The molecule has 6 nitrogen and oxygen atoms in total. The lowest BCUT2D eigenvalue weighted by Crippen LogP contribution is -2.30. The van der Waals surface area contributed by atoms with Gasteiger partial charge in [-0.05, 0) is 30.7 Å². The number of aliphatic carboxylic acids is 1. The average molecular weight is 310 g/mol. The van der Waals surface area contributed by atoms with Gasteiger partial charge in [0.15, 0.2) is 9.84 Å². The van der Waals surface area contributed by atoms with Crippen molar-refractivity contribution in [3.05, 3.63) is 24.3 Å². The molecule has 114 valence electrons. The lowest BCUT2D eigenvalue weighted by Gasteiger charge is -2.22. The predicted octanol–water partition coefficient (Wildman–Crippen LogP) is 1.67. The molecule has 21 heavy (non-hydrogen) atoms. The number of nitriles is 1. The molecule has 7 heteroatoms. The van der Waals surface area contributed by atoms with Gasteiger partial charge in [0, 0.05) is 12.2 Å². The second-order valence-electron chi connectivity index (χ2n) is 4.58. The summed E-state index contributed by atoms with van der Waals surface area (Å²) in [5.74, 6) is -1.51. The molecule has 0 aliphatic heterocycles. The van der Waals surface area contributed by atoms with E-state index >= 15 is 0 Å². The van der Waals surface area contributed by atoms with E-state index in [1.165, 1.54) is 12.1 Å². The van der Waals surface area contributed by atoms with Crippen LogP contribution in [0.1, 0.15) is 19.8 Å². The maximum Gasteiger partial charge on any atom is 0.323 e. The first kappa shape index (κ1) is 17.0. The predicted molar refractivity (Wildman–Crippen MR) is 78.9 cm³/mol. The highest BCUT2D eigenvalue weighted by Crippen LogP contribution is 2.19. The van der Waals surface area contributed by atoms with Crippen LogP contribution in [0.25, 0.3) is 0 Å². The Kier molecular flexibility index (Phi) is 6.18. The molecule has 0 saturated carbocycles. The van der Waals surface area contributed by atoms with Crippen LogP contribution in [0.5, 0.6) is 0 Å². The number of hydrogen-bond donors (Lipinski definition) is 1. The molecule has 0 bridgehead atoms. The van der Waals surface area contributed by atoms with Crippen LogP contribution in [0, 0.1) is 11.3 Å². The number of anilines is 1. The highest BCUT2D eigenvalue weighted by Gasteiger charge is 2.15. The van der Waals surface area contributed by atoms with Gasteiger partial charge < -0.3 is 10.0 Å². The summed E-state index contributed by atoms with van der Waals surface area (Å²) in [7, 11) is -3.59. The van der Waals surface area contributed by atoms with Gasteiger partial charge in [-0.2, -0.15) is 5.26 Å². The first-order chi connectivity index (χ1) is 9.90. The fourth-order valence-electron chi connectivity index (χ4n) is 1.84.